The van der Waals surface area contributed by atoms with Crippen molar-refractivity contribution in [2.45, 2.75) is 13.0 Å². The van der Waals surface area contributed by atoms with Gasteiger partial charge in [0.25, 0.3) is 0 Å². The minimum atomic E-state index is -1.65. The number of carboxylic acid groups (broad SMARTS) is 1. The molecule has 0 rings (SSSR count). The first-order valence-electron chi connectivity index (χ1n) is 3.77. The van der Waals surface area contributed by atoms with E-state index in [1.54, 1.807) is 0 Å². The summed E-state index contributed by atoms with van der Waals surface area (Å²) in [5.74, 6) is -2.73. The van der Waals surface area contributed by atoms with Crippen molar-refractivity contribution in [1.29, 1.82) is 0 Å². The van der Waals surface area contributed by atoms with Gasteiger partial charge in [-0.15, -0.1) is 0 Å². The van der Waals surface area contributed by atoms with Crippen LogP contribution in [0.5, 0.6) is 0 Å². The van der Waals surface area contributed by atoms with E-state index in [9.17, 15) is 9.59 Å². The second kappa shape index (κ2) is 5.36. The van der Waals surface area contributed by atoms with Gasteiger partial charge in [-0.3, -0.25) is 4.79 Å². The van der Waals surface area contributed by atoms with E-state index in [0.29, 0.717) is 0 Å². The summed E-state index contributed by atoms with van der Waals surface area (Å²) in [5, 5.41) is 26.0. The van der Waals surface area contributed by atoms with E-state index in [2.05, 4.69) is 4.74 Å². The van der Waals surface area contributed by atoms with Crippen LogP contribution in [0, 0.1) is 0 Å². The van der Waals surface area contributed by atoms with Gasteiger partial charge in [0.05, 0.1) is 19.3 Å². The summed E-state index contributed by atoms with van der Waals surface area (Å²) in [6, 6.07) is 0. The Morgan fingerprint density at radius 2 is 1.93 bits per heavy atom. The third-order valence-electron chi connectivity index (χ3n) is 1.56. The van der Waals surface area contributed by atoms with Crippen molar-refractivity contribution >= 4 is 11.8 Å². The molecule has 0 saturated carbocycles. The minimum Gasteiger partial charge on any atom is -0.492 e. The molecular weight excluding hydrogens is 192 g/mol. The topological polar surface area (TPSA) is 104 Å². The Kier molecular flexibility index (Phi) is 4.82. The number of aliphatic hydroxyl groups excluding tert-OH is 2. The highest BCUT2D eigenvalue weighted by Crippen LogP contribution is 2.08. The lowest BCUT2D eigenvalue weighted by molar-refractivity contribution is -0.134. The quantitative estimate of drug-likeness (QED) is 0.388. The summed E-state index contributed by atoms with van der Waals surface area (Å²) < 4.78 is 4.54. The molecule has 0 aliphatic heterocycles. The molecule has 0 spiro atoms. The van der Waals surface area contributed by atoms with Crippen LogP contribution in [-0.4, -0.2) is 46.9 Å². The number of Topliss-reactive ketones (excluding diaryl/α,β-unsaturated/α-hetero) is 1. The number of ether oxygens (including phenoxy) is 1. The van der Waals surface area contributed by atoms with Gasteiger partial charge in [0.2, 0.25) is 5.78 Å². The van der Waals surface area contributed by atoms with E-state index in [-0.39, 0.29) is 5.57 Å². The van der Waals surface area contributed by atoms with E-state index in [1.807, 2.05) is 0 Å². The number of ketones is 1. The third-order valence-corrected chi connectivity index (χ3v) is 1.56. The van der Waals surface area contributed by atoms with Gasteiger partial charge >= 0.3 is 5.97 Å². The van der Waals surface area contributed by atoms with Crippen LogP contribution in [0.2, 0.25) is 0 Å². The normalized spacial score (nSPS) is 14.3. The van der Waals surface area contributed by atoms with Crippen LogP contribution in [-0.2, 0) is 14.3 Å². The lowest BCUT2D eigenvalue weighted by Gasteiger charge is -2.10. The molecule has 0 saturated heterocycles. The van der Waals surface area contributed by atoms with Gasteiger partial charge in [-0.1, -0.05) is 0 Å². The zero-order valence-electron chi connectivity index (χ0n) is 7.85. The Balaban J connectivity index is 4.99. The van der Waals surface area contributed by atoms with Crippen LogP contribution in [0.3, 0.4) is 0 Å². The summed E-state index contributed by atoms with van der Waals surface area (Å²) >= 11 is 0. The third kappa shape index (κ3) is 2.82. The van der Waals surface area contributed by atoms with E-state index < -0.39 is 30.2 Å². The van der Waals surface area contributed by atoms with E-state index >= 15 is 0 Å². The zero-order valence-corrected chi connectivity index (χ0v) is 7.85. The molecule has 0 aromatic heterocycles. The molecule has 14 heavy (non-hydrogen) atoms. The highest BCUT2D eigenvalue weighted by atomic mass is 16.5. The number of hydrogen-bond acceptors (Lipinski definition) is 5. The Morgan fingerprint density at radius 1 is 1.43 bits per heavy atom. The van der Waals surface area contributed by atoms with E-state index in [0.717, 1.165) is 7.11 Å². The lowest BCUT2D eigenvalue weighted by Crippen LogP contribution is -2.28. The second-order valence-corrected chi connectivity index (χ2v) is 2.53. The number of aliphatic carboxylic acids is 1. The van der Waals surface area contributed by atoms with Crippen molar-refractivity contribution in [2.75, 3.05) is 13.7 Å². The number of aliphatic hydroxyl groups is 2. The maximum Gasteiger partial charge on any atom is 0.335 e. The zero-order chi connectivity index (χ0) is 11.3. The summed E-state index contributed by atoms with van der Waals surface area (Å²) in [6.45, 7) is 0.391. The van der Waals surface area contributed by atoms with Crippen LogP contribution in [0.15, 0.2) is 11.3 Å². The first kappa shape index (κ1) is 12.6. The van der Waals surface area contributed by atoms with Crippen molar-refractivity contribution in [3.8, 4) is 0 Å². The van der Waals surface area contributed by atoms with Crippen molar-refractivity contribution in [2.24, 2.45) is 0 Å². The molecule has 0 fully saturated rings. The molecule has 6 nitrogen and oxygen atoms in total. The van der Waals surface area contributed by atoms with Crippen molar-refractivity contribution in [1.82, 2.24) is 0 Å². The average Bonchev–Trinajstić information content (AvgIpc) is 2.17. The van der Waals surface area contributed by atoms with Gasteiger partial charge in [0.15, 0.2) is 5.76 Å². The largest absolute Gasteiger partial charge is 0.492 e. The monoisotopic (exact) mass is 204 g/mol. The van der Waals surface area contributed by atoms with Gasteiger partial charge in [0, 0.05) is 0 Å². The van der Waals surface area contributed by atoms with Crippen LogP contribution in [0.4, 0.5) is 0 Å². The van der Waals surface area contributed by atoms with Gasteiger partial charge in [-0.25, -0.2) is 4.79 Å². The summed E-state index contributed by atoms with van der Waals surface area (Å²) in [6.07, 6.45) is -1.65. The maximum atomic E-state index is 11.2. The Morgan fingerprint density at radius 3 is 2.21 bits per heavy atom. The standard InChI is InChI=1S/C8H12O6/c1-4(8(12)13)7(14-2)6(11)5(10)3-9/h5,9-10H,3H2,1-2H3,(H,12,13)/b7-4+. The summed E-state index contributed by atoms with van der Waals surface area (Å²) in [4.78, 5) is 21.7. The molecule has 0 bridgehead atoms. The minimum absolute atomic E-state index is 0.315. The van der Waals surface area contributed by atoms with E-state index in [1.165, 1.54) is 6.92 Å². The number of carbonyl (C=O) groups excluding carboxylic acids is 1. The number of carbonyl (C=O) groups is 2. The van der Waals surface area contributed by atoms with Crippen LogP contribution < -0.4 is 0 Å². The Labute approximate surface area is 80.4 Å². The molecule has 6 heteroatoms. The fourth-order valence-corrected chi connectivity index (χ4v) is 0.770. The molecule has 3 N–H and O–H groups in total. The smallest absolute Gasteiger partial charge is 0.335 e. The van der Waals surface area contributed by atoms with Crippen LogP contribution in [0.1, 0.15) is 6.92 Å². The Hall–Kier alpha value is -1.40. The van der Waals surface area contributed by atoms with Crippen molar-refractivity contribution in [3.05, 3.63) is 11.3 Å². The fourth-order valence-electron chi connectivity index (χ4n) is 0.770. The molecule has 1 unspecified atom stereocenters. The molecule has 0 aliphatic carbocycles. The number of carboxylic acids is 1. The highest BCUT2D eigenvalue weighted by Gasteiger charge is 2.24. The molecule has 0 aliphatic rings. The van der Waals surface area contributed by atoms with Gasteiger partial charge in [0.1, 0.15) is 6.10 Å². The van der Waals surface area contributed by atoms with Crippen LogP contribution >= 0.6 is 0 Å². The number of rotatable bonds is 5. The first-order valence-corrected chi connectivity index (χ1v) is 3.77. The van der Waals surface area contributed by atoms with Crippen molar-refractivity contribution in [3.63, 3.8) is 0 Å². The molecule has 0 heterocycles. The van der Waals surface area contributed by atoms with Crippen molar-refractivity contribution < 1.29 is 29.6 Å². The van der Waals surface area contributed by atoms with Gasteiger partial charge in [-0.05, 0) is 6.92 Å². The molecule has 80 valence electrons. The van der Waals surface area contributed by atoms with Gasteiger partial charge in [-0.2, -0.15) is 0 Å². The molecule has 0 amide bonds. The van der Waals surface area contributed by atoms with Gasteiger partial charge < -0.3 is 20.1 Å². The summed E-state index contributed by atoms with van der Waals surface area (Å²) in [5.41, 5.74) is -0.315. The number of hydrogen-bond donors (Lipinski definition) is 3. The fraction of sp³-hybridized carbons (Fsp3) is 0.500. The molecule has 0 aromatic rings. The average molecular weight is 204 g/mol. The molecule has 0 aromatic carbocycles. The molecular formula is C8H12O6. The Bertz CT molecular complexity index is 267. The lowest BCUT2D eigenvalue weighted by atomic mass is 10.1. The molecule has 1 atom stereocenters. The first-order chi connectivity index (χ1) is 6.45. The predicted octanol–water partition coefficient (Wildman–Crippen LogP) is -1.09. The van der Waals surface area contributed by atoms with Crippen LogP contribution in [0.25, 0.3) is 0 Å². The maximum absolute atomic E-state index is 11.2. The van der Waals surface area contributed by atoms with E-state index in [4.69, 9.17) is 15.3 Å². The SMILES string of the molecule is CO/C(C(=O)C(O)CO)=C(\C)C(=O)O. The second-order valence-electron chi connectivity index (χ2n) is 2.53. The number of methoxy groups -OCH3 is 1. The highest BCUT2D eigenvalue weighted by molar-refractivity contribution is 6.03. The summed E-state index contributed by atoms with van der Waals surface area (Å²) in [7, 11) is 1.11. The molecule has 0 radical (unpaired) electrons. The predicted molar refractivity (Wildman–Crippen MR) is 45.4 cm³/mol.